The maximum absolute atomic E-state index is 12.7. The third-order valence-corrected chi connectivity index (χ3v) is 3.40. The Labute approximate surface area is 142 Å². The normalized spacial score (nSPS) is 11.6. The van der Waals surface area contributed by atoms with Crippen LogP contribution >= 0.6 is 0 Å². The van der Waals surface area contributed by atoms with Crippen LogP contribution in [-0.2, 0) is 6.18 Å². The lowest BCUT2D eigenvalue weighted by Crippen LogP contribution is -2.06. The number of hydrogen-bond acceptors (Lipinski definition) is 4. The van der Waals surface area contributed by atoms with Crippen LogP contribution in [0.2, 0.25) is 0 Å². The molecule has 0 aliphatic heterocycles. The second-order valence-corrected chi connectivity index (χ2v) is 5.05. The first-order chi connectivity index (χ1) is 11.8. The number of aromatic hydroxyl groups is 1. The highest BCUT2D eigenvalue weighted by Gasteiger charge is 2.30. The molecule has 1 N–H and O–H groups in total. The van der Waals surface area contributed by atoms with Gasteiger partial charge in [0.15, 0.2) is 17.3 Å². The summed E-state index contributed by atoms with van der Waals surface area (Å²) >= 11 is 0. The lowest BCUT2D eigenvalue weighted by molar-refractivity contribution is -0.137. The van der Waals surface area contributed by atoms with Gasteiger partial charge in [-0.1, -0.05) is 18.2 Å². The summed E-state index contributed by atoms with van der Waals surface area (Å²) < 4.78 is 48.1. The number of ether oxygens (including phenoxy) is 2. The van der Waals surface area contributed by atoms with E-state index in [1.807, 2.05) is 0 Å². The van der Waals surface area contributed by atoms with E-state index < -0.39 is 17.5 Å². The molecule has 0 atom stereocenters. The molecule has 0 bridgehead atoms. The largest absolute Gasteiger partial charge is 0.502 e. The molecule has 0 heterocycles. The average Bonchev–Trinajstić information content (AvgIpc) is 2.59. The van der Waals surface area contributed by atoms with E-state index in [2.05, 4.69) is 0 Å². The van der Waals surface area contributed by atoms with Crippen molar-refractivity contribution < 1.29 is 32.5 Å². The van der Waals surface area contributed by atoms with E-state index in [9.17, 15) is 23.1 Å². The van der Waals surface area contributed by atoms with Crippen LogP contribution in [0.5, 0.6) is 17.2 Å². The van der Waals surface area contributed by atoms with Gasteiger partial charge in [-0.05, 0) is 35.9 Å². The number of halogens is 3. The van der Waals surface area contributed by atoms with Crippen LogP contribution in [0.3, 0.4) is 0 Å². The van der Waals surface area contributed by atoms with Crippen molar-refractivity contribution in [3.8, 4) is 17.2 Å². The lowest BCUT2D eigenvalue weighted by atomic mass is 10.1. The minimum absolute atomic E-state index is 0.0798. The van der Waals surface area contributed by atoms with Crippen LogP contribution in [-0.4, -0.2) is 25.1 Å². The molecular weight excluding hydrogens is 337 g/mol. The summed E-state index contributed by atoms with van der Waals surface area (Å²) in [5.74, 6) is -0.487. The molecule has 2 rings (SSSR count). The molecule has 0 radical (unpaired) electrons. The van der Waals surface area contributed by atoms with Gasteiger partial charge in [0.05, 0.1) is 19.8 Å². The van der Waals surface area contributed by atoms with E-state index >= 15 is 0 Å². The molecule has 0 fully saturated rings. The maximum Gasteiger partial charge on any atom is 0.416 e. The monoisotopic (exact) mass is 352 g/mol. The minimum atomic E-state index is -4.52. The van der Waals surface area contributed by atoms with Gasteiger partial charge in [-0.2, -0.15) is 13.2 Å². The highest BCUT2D eigenvalue weighted by molar-refractivity contribution is 6.07. The second kappa shape index (κ2) is 7.29. The number of carbonyl (C=O) groups excluding carboxylic acids is 1. The number of allylic oxidation sites excluding steroid dienone is 1. The van der Waals surface area contributed by atoms with Gasteiger partial charge in [0, 0.05) is 5.56 Å². The number of rotatable bonds is 5. The van der Waals surface area contributed by atoms with Gasteiger partial charge >= 0.3 is 6.18 Å². The quantitative estimate of drug-likeness (QED) is 0.643. The lowest BCUT2D eigenvalue weighted by Gasteiger charge is -2.09. The number of hydrogen-bond donors (Lipinski definition) is 1. The van der Waals surface area contributed by atoms with Crippen LogP contribution in [0, 0.1) is 0 Å². The highest BCUT2D eigenvalue weighted by atomic mass is 19.4. The first-order valence-electron chi connectivity index (χ1n) is 7.11. The maximum atomic E-state index is 12.7. The third-order valence-electron chi connectivity index (χ3n) is 3.40. The van der Waals surface area contributed by atoms with Crippen LogP contribution in [0.4, 0.5) is 13.2 Å². The molecule has 0 spiro atoms. The first kappa shape index (κ1) is 18.4. The van der Waals surface area contributed by atoms with Crippen LogP contribution in [0.15, 0.2) is 42.5 Å². The Morgan fingerprint density at radius 1 is 1.08 bits per heavy atom. The van der Waals surface area contributed by atoms with Crippen molar-refractivity contribution >= 4 is 11.9 Å². The van der Waals surface area contributed by atoms with E-state index in [-0.39, 0.29) is 22.8 Å². The predicted molar refractivity (Wildman–Crippen MR) is 86.0 cm³/mol. The molecule has 0 amide bonds. The summed E-state index contributed by atoms with van der Waals surface area (Å²) in [6.45, 7) is 0. The van der Waals surface area contributed by atoms with Crippen molar-refractivity contribution in [1.82, 2.24) is 0 Å². The van der Waals surface area contributed by atoms with Gasteiger partial charge in [0.2, 0.25) is 5.75 Å². The Morgan fingerprint density at radius 2 is 1.68 bits per heavy atom. The summed E-state index contributed by atoms with van der Waals surface area (Å²) in [7, 11) is 2.71. The second-order valence-electron chi connectivity index (χ2n) is 5.05. The summed E-state index contributed by atoms with van der Waals surface area (Å²) in [6, 6.07) is 7.11. The van der Waals surface area contributed by atoms with Gasteiger partial charge in [0.25, 0.3) is 0 Å². The summed E-state index contributed by atoms with van der Waals surface area (Å²) in [5, 5.41) is 9.83. The number of phenols is 1. The van der Waals surface area contributed by atoms with E-state index in [0.29, 0.717) is 5.56 Å². The van der Waals surface area contributed by atoms with Gasteiger partial charge in [0.1, 0.15) is 0 Å². The Kier molecular flexibility index (Phi) is 5.36. The van der Waals surface area contributed by atoms with Crippen molar-refractivity contribution in [3.05, 3.63) is 59.2 Å². The predicted octanol–water partition coefficient (Wildman–Crippen LogP) is 4.32. The van der Waals surface area contributed by atoms with Crippen LogP contribution < -0.4 is 9.47 Å². The minimum Gasteiger partial charge on any atom is -0.502 e. The molecule has 0 aliphatic carbocycles. The molecule has 0 unspecified atom stereocenters. The number of phenolic OH excluding ortho intramolecular Hbond substituents is 1. The summed E-state index contributed by atoms with van der Waals surface area (Å²) in [6.07, 6.45) is -1.98. The van der Waals surface area contributed by atoms with Crippen molar-refractivity contribution in [1.29, 1.82) is 0 Å². The zero-order valence-corrected chi connectivity index (χ0v) is 13.4. The van der Waals surface area contributed by atoms with Crippen LogP contribution in [0.1, 0.15) is 21.5 Å². The van der Waals surface area contributed by atoms with E-state index in [1.165, 1.54) is 44.6 Å². The van der Waals surface area contributed by atoms with Crippen molar-refractivity contribution in [3.63, 3.8) is 0 Å². The fraction of sp³-hybridized carbons (Fsp3) is 0.167. The Hall–Kier alpha value is -2.96. The van der Waals surface area contributed by atoms with Gasteiger partial charge in [-0.25, -0.2) is 0 Å². The molecule has 4 nitrogen and oxygen atoms in total. The Morgan fingerprint density at radius 3 is 2.20 bits per heavy atom. The van der Waals surface area contributed by atoms with Gasteiger partial charge < -0.3 is 14.6 Å². The van der Waals surface area contributed by atoms with Crippen molar-refractivity contribution in [2.75, 3.05) is 14.2 Å². The van der Waals surface area contributed by atoms with Crippen LogP contribution in [0.25, 0.3) is 6.08 Å². The smallest absolute Gasteiger partial charge is 0.416 e. The first-order valence-corrected chi connectivity index (χ1v) is 7.11. The molecule has 0 aromatic heterocycles. The molecule has 2 aromatic rings. The number of alkyl halides is 3. The SMILES string of the molecule is COc1cc(/C=C/C(=O)c2cccc(C(F)(F)F)c2)cc(OC)c1O. The average molecular weight is 352 g/mol. The van der Waals surface area contributed by atoms with Crippen molar-refractivity contribution in [2.24, 2.45) is 0 Å². The molecule has 0 saturated carbocycles. The molecule has 132 valence electrons. The molecule has 2 aromatic carbocycles. The Bertz CT molecular complexity index is 785. The van der Waals surface area contributed by atoms with E-state index in [0.717, 1.165) is 18.2 Å². The van der Waals surface area contributed by atoms with Gasteiger partial charge in [-0.15, -0.1) is 0 Å². The fourth-order valence-electron chi connectivity index (χ4n) is 2.13. The fourth-order valence-corrected chi connectivity index (χ4v) is 2.13. The topological polar surface area (TPSA) is 55.8 Å². The summed E-state index contributed by atoms with van der Waals surface area (Å²) in [4.78, 5) is 12.1. The van der Waals surface area contributed by atoms with E-state index in [1.54, 1.807) is 0 Å². The molecule has 25 heavy (non-hydrogen) atoms. The Balaban J connectivity index is 2.29. The molecular formula is C18H15F3O4. The molecule has 0 saturated heterocycles. The third kappa shape index (κ3) is 4.32. The number of ketones is 1. The summed E-state index contributed by atoms with van der Waals surface area (Å²) in [5.41, 5.74) is -0.490. The standard InChI is InChI=1S/C18H15F3O4/c1-24-15-8-11(9-16(25-2)17(15)23)6-7-14(22)12-4-3-5-13(10-12)18(19,20)21/h3-10,23H,1-2H3/b7-6+. The zero-order chi connectivity index (χ0) is 18.6. The highest BCUT2D eigenvalue weighted by Crippen LogP contribution is 2.37. The molecule has 0 aliphatic rings. The number of methoxy groups -OCH3 is 2. The van der Waals surface area contributed by atoms with E-state index in [4.69, 9.17) is 9.47 Å². The van der Waals surface area contributed by atoms with Gasteiger partial charge in [-0.3, -0.25) is 4.79 Å². The van der Waals surface area contributed by atoms with Crippen molar-refractivity contribution in [2.45, 2.75) is 6.18 Å². The molecule has 7 heteroatoms. The zero-order valence-electron chi connectivity index (χ0n) is 13.4. The number of benzene rings is 2. The number of carbonyl (C=O) groups is 1.